The van der Waals surface area contributed by atoms with Gasteiger partial charge in [0.25, 0.3) is 0 Å². The summed E-state index contributed by atoms with van der Waals surface area (Å²) < 4.78 is 23.3. The van der Waals surface area contributed by atoms with Crippen molar-refractivity contribution in [2.24, 2.45) is 11.8 Å². The smallest absolute Gasteiger partial charge is 0.237 e. The Kier molecular flexibility index (Phi) is 4.75. The maximum atomic E-state index is 12.6. The van der Waals surface area contributed by atoms with Gasteiger partial charge in [0.2, 0.25) is 5.91 Å². The number of nitrogens with one attached hydrogen (secondary N) is 1. The number of carbonyl (C=O) groups is 1. The Bertz CT molecular complexity index is 522. The van der Waals surface area contributed by atoms with E-state index >= 15 is 0 Å². The average molecular weight is 329 g/mol. The molecule has 0 bridgehead atoms. The van der Waals surface area contributed by atoms with Gasteiger partial charge in [-0.05, 0) is 51.2 Å². The van der Waals surface area contributed by atoms with Gasteiger partial charge in [-0.25, -0.2) is 8.42 Å². The van der Waals surface area contributed by atoms with Crippen LogP contribution in [0.4, 0.5) is 0 Å². The SMILES string of the molecule is CCN(C(=O)CN1CCC2CNCC2C1)C1CCS(=O)(=O)C1. The Morgan fingerprint density at radius 2 is 2.05 bits per heavy atom. The van der Waals surface area contributed by atoms with Gasteiger partial charge in [-0.3, -0.25) is 9.69 Å². The molecule has 0 aromatic rings. The molecule has 3 heterocycles. The zero-order valence-electron chi connectivity index (χ0n) is 13.3. The molecule has 0 aromatic heterocycles. The van der Waals surface area contributed by atoms with Crippen molar-refractivity contribution in [1.29, 1.82) is 0 Å². The highest BCUT2D eigenvalue weighted by atomic mass is 32.2. The van der Waals surface area contributed by atoms with Crippen molar-refractivity contribution >= 4 is 15.7 Å². The van der Waals surface area contributed by atoms with Gasteiger partial charge in [0.1, 0.15) is 0 Å². The Morgan fingerprint density at radius 1 is 1.27 bits per heavy atom. The predicted octanol–water partition coefficient (Wildman–Crippen LogP) is -0.437. The van der Waals surface area contributed by atoms with Crippen LogP contribution in [0.1, 0.15) is 19.8 Å². The minimum atomic E-state index is -2.94. The molecule has 1 amide bonds. The van der Waals surface area contributed by atoms with E-state index in [0.29, 0.717) is 25.4 Å². The van der Waals surface area contributed by atoms with Crippen molar-refractivity contribution in [3.8, 4) is 0 Å². The lowest BCUT2D eigenvalue weighted by Crippen LogP contribution is -2.49. The Labute approximate surface area is 133 Å². The number of amides is 1. The van der Waals surface area contributed by atoms with Gasteiger partial charge in [-0.1, -0.05) is 0 Å². The molecule has 1 N–H and O–H groups in total. The van der Waals surface area contributed by atoms with Crippen LogP contribution in [-0.4, -0.2) is 80.9 Å². The third-order valence-electron chi connectivity index (χ3n) is 5.46. The van der Waals surface area contributed by atoms with Crippen molar-refractivity contribution in [2.45, 2.75) is 25.8 Å². The van der Waals surface area contributed by atoms with E-state index < -0.39 is 9.84 Å². The number of hydrogen-bond donors (Lipinski definition) is 1. The number of fused-ring (bicyclic) bond motifs is 1. The number of carbonyl (C=O) groups excluding carboxylic acids is 1. The van der Waals surface area contributed by atoms with Crippen LogP contribution in [0.15, 0.2) is 0 Å². The lowest BCUT2D eigenvalue weighted by atomic mass is 9.89. The fourth-order valence-electron chi connectivity index (χ4n) is 4.20. The summed E-state index contributed by atoms with van der Waals surface area (Å²) in [7, 11) is -2.94. The number of nitrogens with zero attached hydrogens (tertiary/aromatic N) is 2. The van der Waals surface area contributed by atoms with E-state index in [1.54, 1.807) is 4.90 Å². The fourth-order valence-corrected chi connectivity index (χ4v) is 5.93. The largest absolute Gasteiger partial charge is 0.338 e. The van der Waals surface area contributed by atoms with Crippen molar-refractivity contribution in [2.75, 3.05) is 50.8 Å². The third-order valence-corrected chi connectivity index (χ3v) is 7.21. The molecule has 7 heteroatoms. The van der Waals surface area contributed by atoms with E-state index in [1.807, 2.05) is 6.92 Å². The summed E-state index contributed by atoms with van der Waals surface area (Å²) in [6.45, 7) is 7.13. The number of piperidine rings is 1. The molecule has 3 saturated heterocycles. The predicted molar refractivity (Wildman–Crippen MR) is 85.4 cm³/mol. The Hall–Kier alpha value is -0.660. The number of likely N-dealkylation sites (N-methyl/N-ethyl adjacent to an activating group) is 1. The van der Waals surface area contributed by atoms with E-state index in [1.165, 1.54) is 0 Å². The summed E-state index contributed by atoms with van der Waals surface area (Å²) in [5, 5.41) is 3.44. The van der Waals surface area contributed by atoms with E-state index in [-0.39, 0.29) is 23.5 Å². The number of likely N-dealkylation sites (tertiary alicyclic amines) is 1. The minimum absolute atomic E-state index is 0.0917. The first-order chi connectivity index (χ1) is 10.5. The second-order valence-electron chi connectivity index (χ2n) is 6.94. The summed E-state index contributed by atoms with van der Waals surface area (Å²) in [5.41, 5.74) is 0. The highest BCUT2D eigenvalue weighted by Crippen LogP contribution is 2.26. The summed E-state index contributed by atoms with van der Waals surface area (Å²) in [5.74, 6) is 1.90. The molecular weight excluding hydrogens is 302 g/mol. The molecule has 0 aromatic carbocycles. The second-order valence-corrected chi connectivity index (χ2v) is 9.17. The first-order valence-electron chi connectivity index (χ1n) is 8.41. The highest BCUT2D eigenvalue weighted by Gasteiger charge is 2.36. The topological polar surface area (TPSA) is 69.7 Å². The molecule has 3 aliphatic heterocycles. The van der Waals surface area contributed by atoms with Crippen LogP contribution in [-0.2, 0) is 14.6 Å². The molecule has 0 saturated carbocycles. The summed E-state index contributed by atoms with van der Waals surface area (Å²) in [6, 6.07) is -0.117. The molecule has 6 nitrogen and oxygen atoms in total. The Morgan fingerprint density at radius 3 is 2.73 bits per heavy atom. The maximum Gasteiger partial charge on any atom is 0.237 e. The standard InChI is InChI=1S/C15H27N3O3S/c1-2-18(14-4-6-22(20,21)11-14)15(19)10-17-5-3-12-7-16-8-13(12)9-17/h12-14,16H,2-11H2,1H3. The van der Waals surface area contributed by atoms with Gasteiger partial charge in [0, 0.05) is 19.1 Å². The quantitative estimate of drug-likeness (QED) is 0.757. The zero-order chi connectivity index (χ0) is 15.7. The van der Waals surface area contributed by atoms with Crippen LogP contribution in [0, 0.1) is 11.8 Å². The normalized spacial score (nSPS) is 34.5. The molecule has 0 radical (unpaired) electrons. The minimum Gasteiger partial charge on any atom is -0.338 e. The molecule has 3 atom stereocenters. The van der Waals surface area contributed by atoms with E-state index in [4.69, 9.17) is 0 Å². The van der Waals surface area contributed by atoms with Crippen LogP contribution in [0.5, 0.6) is 0 Å². The van der Waals surface area contributed by atoms with Gasteiger partial charge in [0.15, 0.2) is 9.84 Å². The second kappa shape index (κ2) is 6.45. The summed E-state index contributed by atoms with van der Waals surface area (Å²) >= 11 is 0. The molecule has 3 aliphatic rings. The molecule has 3 unspecified atom stereocenters. The van der Waals surface area contributed by atoms with Gasteiger partial charge in [0.05, 0.1) is 18.1 Å². The monoisotopic (exact) mass is 329 g/mol. The first-order valence-corrected chi connectivity index (χ1v) is 10.2. The van der Waals surface area contributed by atoms with Crippen LogP contribution in [0.3, 0.4) is 0 Å². The fraction of sp³-hybridized carbons (Fsp3) is 0.933. The molecular formula is C15H27N3O3S. The van der Waals surface area contributed by atoms with Crippen LogP contribution >= 0.6 is 0 Å². The number of sulfone groups is 1. The third kappa shape index (κ3) is 3.46. The molecule has 22 heavy (non-hydrogen) atoms. The highest BCUT2D eigenvalue weighted by molar-refractivity contribution is 7.91. The van der Waals surface area contributed by atoms with Crippen molar-refractivity contribution in [1.82, 2.24) is 15.1 Å². The summed E-state index contributed by atoms with van der Waals surface area (Å²) in [6.07, 6.45) is 1.76. The molecule has 3 rings (SSSR count). The van der Waals surface area contributed by atoms with Crippen molar-refractivity contribution in [3.63, 3.8) is 0 Å². The summed E-state index contributed by atoms with van der Waals surface area (Å²) in [4.78, 5) is 16.6. The maximum absolute atomic E-state index is 12.6. The van der Waals surface area contributed by atoms with E-state index in [2.05, 4.69) is 10.2 Å². The molecule has 126 valence electrons. The number of rotatable bonds is 4. The molecule has 0 spiro atoms. The molecule has 0 aliphatic carbocycles. The Balaban J connectivity index is 1.56. The van der Waals surface area contributed by atoms with Gasteiger partial charge in [-0.15, -0.1) is 0 Å². The van der Waals surface area contributed by atoms with E-state index in [9.17, 15) is 13.2 Å². The lowest BCUT2D eigenvalue weighted by molar-refractivity contribution is -0.134. The number of hydrogen-bond acceptors (Lipinski definition) is 5. The lowest BCUT2D eigenvalue weighted by Gasteiger charge is -2.36. The van der Waals surface area contributed by atoms with Crippen molar-refractivity contribution < 1.29 is 13.2 Å². The van der Waals surface area contributed by atoms with Gasteiger partial charge in [-0.2, -0.15) is 0 Å². The molecule has 3 fully saturated rings. The first kappa shape index (κ1) is 16.2. The van der Waals surface area contributed by atoms with E-state index in [0.717, 1.165) is 38.5 Å². The van der Waals surface area contributed by atoms with Crippen LogP contribution in [0.25, 0.3) is 0 Å². The average Bonchev–Trinajstić information content (AvgIpc) is 3.05. The van der Waals surface area contributed by atoms with Crippen LogP contribution < -0.4 is 5.32 Å². The van der Waals surface area contributed by atoms with Crippen LogP contribution in [0.2, 0.25) is 0 Å². The van der Waals surface area contributed by atoms with Crippen molar-refractivity contribution in [3.05, 3.63) is 0 Å². The van der Waals surface area contributed by atoms with Gasteiger partial charge < -0.3 is 10.2 Å². The zero-order valence-corrected chi connectivity index (χ0v) is 14.1. The van der Waals surface area contributed by atoms with Gasteiger partial charge >= 0.3 is 0 Å².